The summed E-state index contributed by atoms with van der Waals surface area (Å²) in [5.41, 5.74) is -1.34. The molecule has 0 N–H and O–H groups in total. The van der Waals surface area contributed by atoms with Crippen LogP contribution in [0.5, 0.6) is 17.2 Å². The Kier molecular flexibility index (Phi) is 6.84. The van der Waals surface area contributed by atoms with Gasteiger partial charge in [-0.25, -0.2) is 4.79 Å². The molecule has 0 bridgehead atoms. The first-order valence-corrected chi connectivity index (χ1v) is 9.49. The number of hydrogen-bond donors (Lipinski definition) is 0. The minimum absolute atomic E-state index is 0.0490. The fourth-order valence-corrected chi connectivity index (χ4v) is 2.65. The molecule has 0 radical (unpaired) electrons. The smallest absolute Gasteiger partial charge is 0.453 e. The molecule has 1 aromatic heterocycles. The summed E-state index contributed by atoms with van der Waals surface area (Å²) in [5.74, 6) is -3.03. The van der Waals surface area contributed by atoms with Crippen LogP contribution < -0.4 is 14.9 Å². The van der Waals surface area contributed by atoms with Gasteiger partial charge in [0.25, 0.3) is 5.76 Å². The fourth-order valence-electron chi connectivity index (χ4n) is 2.65. The van der Waals surface area contributed by atoms with Gasteiger partial charge < -0.3 is 18.6 Å². The van der Waals surface area contributed by atoms with Crippen molar-refractivity contribution in [2.24, 2.45) is 0 Å². The second-order valence-electron chi connectivity index (χ2n) is 6.52. The van der Waals surface area contributed by atoms with E-state index in [1.807, 2.05) is 6.92 Å². The van der Waals surface area contributed by atoms with E-state index in [9.17, 15) is 22.8 Å². The summed E-state index contributed by atoms with van der Waals surface area (Å²) in [4.78, 5) is 24.4. The number of benzene rings is 2. The van der Waals surface area contributed by atoms with Crippen molar-refractivity contribution in [3.8, 4) is 17.2 Å². The number of halogens is 3. The lowest BCUT2D eigenvalue weighted by atomic mass is 10.2. The van der Waals surface area contributed by atoms with Crippen LogP contribution in [0.15, 0.2) is 57.7 Å². The first-order chi connectivity index (χ1) is 14.8. The van der Waals surface area contributed by atoms with E-state index in [0.717, 1.165) is 12.5 Å². The Balaban J connectivity index is 1.91. The topological polar surface area (TPSA) is 75.0 Å². The number of carbonyl (C=O) groups excluding carboxylic acids is 1. The molecule has 0 fully saturated rings. The van der Waals surface area contributed by atoms with Crippen molar-refractivity contribution in [2.45, 2.75) is 25.9 Å². The maximum absolute atomic E-state index is 13.6. The van der Waals surface area contributed by atoms with Crippen molar-refractivity contribution in [2.75, 3.05) is 13.2 Å². The minimum Gasteiger partial charge on any atom is -0.482 e. The molecule has 1 heterocycles. The molecule has 0 unspecified atom stereocenters. The second-order valence-corrected chi connectivity index (χ2v) is 6.52. The van der Waals surface area contributed by atoms with Gasteiger partial charge >= 0.3 is 12.1 Å². The molecular formula is C22H19F3O6. The molecule has 0 aliphatic heterocycles. The summed E-state index contributed by atoms with van der Waals surface area (Å²) in [6.07, 6.45) is -3.41. The molecule has 0 saturated carbocycles. The molecule has 0 amide bonds. The van der Waals surface area contributed by atoms with E-state index in [0.29, 0.717) is 6.42 Å². The molecule has 3 aromatic rings. The Morgan fingerprint density at radius 1 is 1.06 bits per heavy atom. The number of hydrogen-bond acceptors (Lipinski definition) is 6. The SMILES string of the molecule is CCCCOC(=O)COc1ccc2c(=O)c(Oc3ccccc3)c(C(F)(F)F)oc2c1. The van der Waals surface area contributed by atoms with Gasteiger partial charge in [-0.2, -0.15) is 13.2 Å². The van der Waals surface area contributed by atoms with Crippen LogP contribution in [0.25, 0.3) is 11.0 Å². The van der Waals surface area contributed by atoms with Crippen molar-refractivity contribution >= 4 is 16.9 Å². The van der Waals surface area contributed by atoms with Crippen LogP contribution in [-0.2, 0) is 15.7 Å². The Morgan fingerprint density at radius 2 is 1.81 bits per heavy atom. The van der Waals surface area contributed by atoms with Gasteiger partial charge in [0.2, 0.25) is 11.2 Å². The number of unbranched alkanes of at least 4 members (excludes halogenated alkanes) is 1. The van der Waals surface area contributed by atoms with Gasteiger partial charge in [0, 0.05) is 6.07 Å². The van der Waals surface area contributed by atoms with Crippen LogP contribution in [0.3, 0.4) is 0 Å². The summed E-state index contributed by atoms with van der Waals surface area (Å²) in [7, 11) is 0. The molecule has 0 atom stereocenters. The number of carbonyl (C=O) groups is 1. The third kappa shape index (κ3) is 5.56. The maximum atomic E-state index is 13.6. The summed E-state index contributed by atoms with van der Waals surface area (Å²) in [5, 5.41) is -0.128. The Hall–Kier alpha value is -3.49. The van der Waals surface area contributed by atoms with Gasteiger partial charge in [-0.3, -0.25) is 4.79 Å². The van der Waals surface area contributed by atoms with Crippen LogP contribution in [0, 0.1) is 0 Å². The molecular weight excluding hydrogens is 417 g/mol. The third-order valence-electron chi connectivity index (χ3n) is 4.16. The maximum Gasteiger partial charge on any atom is 0.453 e. The molecule has 0 aliphatic carbocycles. The van der Waals surface area contributed by atoms with E-state index in [2.05, 4.69) is 0 Å². The van der Waals surface area contributed by atoms with Gasteiger partial charge in [0.15, 0.2) is 6.61 Å². The molecule has 3 rings (SSSR count). The molecule has 6 nitrogen and oxygen atoms in total. The van der Waals surface area contributed by atoms with Gasteiger partial charge in [0.05, 0.1) is 12.0 Å². The summed E-state index contributed by atoms with van der Waals surface area (Å²) >= 11 is 0. The zero-order valence-corrected chi connectivity index (χ0v) is 16.5. The number of esters is 1. The zero-order valence-electron chi connectivity index (χ0n) is 16.5. The minimum atomic E-state index is -4.97. The van der Waals surface area contributed by atoms with Crippen LogP contribution in [0.2, 0.25) is 0 Å². The van der Waals surface area contributed by atoms with Crippen LogP contribution in [0.4, 0.5) is 13.2 Å². The van der Waals surface area contributed by atoms with E-state index in [1.54, 1.807) is 18.2 Å². The molecule has 164 valence electrons. The number of alkyl halides is 3. The van der Waals surface area contributed by atoms with E-state index in [-0.39, 0.29) is 29.1 Å². The average molecular weight is 436 g/mol. The highest BCUT2D eigenvalue weighted by Gasteiger charge is 2.40. The van der Waals surface area contributed by atoms with Crippen molar-refractivity contribution in [1.82, 2.24) is 0 Å². The Morgan fingerprint density at radius 3 is 2.48 bits per heavy atom. The number of para-hydroxylation sites is 1. The first kappa shape index (κ1) is 22.2. The molecule has 2 aromatic carbocycles. The first-order valence-electron chi connectivity index (χ1n) is 9.49. The largest absolute Gasteiger partial charge is 0.482 e. The predicted molar refractivity (Wildman–Crippen MR) is 105 cm³/mol. The predicted octanol–water partition coefficient (Wildman–Crippen LogP) is 5.33. The van der Waals surface area contributed by atoms with E-state index in [1.165, 1.54) is 24.3 Å². The van der Waals surface area contributed by atoms with Crippen molar-refractivity contribution in [1.29, 1.82) is 0 Å². The Bertz CT molecular complexity index is 1110. The van der Waals surface area contributed by atoms with Gasteiger partial charge in [-0.15, -0.1) is 0 Å². The summed E-state index contributed by atoms with van der Waals surface area (Å²) < 4.78 is 61.1. The fraction of sp³-hybridized carbons (Fsp3) is 0.273. The highest BCUT2D eigenvalue weighted by molar-refractivity contribution is 5.80. The van der Waals surface area contributed by atoms with Crippen LogP contribution in [0.1, 0.15) is 25.5 Å². The Labute approximate surface area is 175 Å². The van der Waals surface area contributed by atoms with Crippen LogP contribution >= 0.6 is 0 Å². The molecule has 9 heteroatoms. The number of rotatable bonds is 8. The average Bonchev–Trinajstić information content (AvgIpc) is 2.74. The standard InChI is InChI=1S/C22H19F3O6/c1-2-3-11-28-18(26)13-29-15-9-10-16-17(12-15)31-21(22(23,24)25)20(19(16)27)30-14-7-5-4-6-8-14/h4-10,12H,2-3,11,13H2,1H3. The van der Waals surface area contributed by atoms with Crippen molar-refractivity contribution in [3.05, 3.63) is 64.5 Å². The van der Waals surface area contributed by atoms with Crippen molar-refractivity contribution in [3.63, 3.8) is 0 Å². The third-order valence-corrected chi connectivity index (χ3v) is 4.16. The van der Waals surface area contributed by atoms with E-state index >= 15 is 0 Å². The zero-order chi connectivity index (χ0) is 22.4. The van der Waals surface area contributed by atoms with Gasteiger partial charge in [-0.05, 0) is 30.7 Å². The highest BCUT2D eigenvalue weighted by Crippen LogP contribution is 2.38. The lowest BCUT2D eigenvalue weighted by molar-refractivity contribution is -0.154. The number of ether oxygens (including phenoxy) is 3. The summed E-state index contributed by atoms with van der Waals surface area (Å²) in [6.45, 7) is 1.77. The van der Waals surface area contributed by atoms with Crippen molar-refractivity contribution < 1.29 is 36.6 Å². The molecule has 0 spiro atoms. The number of fused-ring (bicyclic) bond motifs is 1. The normalized spacial score (nSPS) is 11.4. The quantitative estimate of drug-likeness (QED) is 0.351. The lowest BCUT2D eigenvalue weighted by Crippen LogP contribution is -2.16. The van der Waals surface area contributed by atoms with Gasteiger partial charge in [0.1, 0.15) is 17.1 Å². The second kappa shape index (κ2) is 9.55. The monoisotopic (exact) mass is 436 g/mol. The van der Waals surface area contributed by atoms with E-state index in [4.69, 9.17) is 18.6 Å². The summed E-state index contributed by atoms with van der Waals surface area (Å²) in [6, 6.07) is 11.3. The molecule has 0 saturated heterocycles. The van der Waals surface area contributed by atoms with Crippen LogP contribution in [-0.4, -0.2) is 19.2 Å². The molecule has 0 aliphatic rings. The van der Waals surface area contributed by atoms with E-state index < -0.39 is 35.7 Å². The van der Waals surface area contributed by atoms with Gasteiger partial charge in [-0.1, -0.05) is 31.5 Å². The highest BCUT2D eigenvalue weighted by atomic mass is 19.4. The molecule has 31 heavy (non-hydrogen) atoms. The lowest BCUT2D eigenvalue weighted by Gasteiger charge is -2.13.